The van der Waals surface area contributed by atoms with Crippen LogP contribution in [0.15, 0.2) is 12.3 Å². The third-order valence-corrected chi connectivity index (χ3v) is 4.79. The predicted molar refractivity (Wildman–Crippen MR) is 91.4 cm³/mol. The van der Waals surface area contributed by atoms with E-state index in [1.807, 2.05) is 40.0 Å². The predicted octanol–water partition coefficient (Wildman–Crippen LogP) is 1.96. The molecule has 24 heavy (non-hydrogen) atoms. The van der Waals surface area contributed by atoms with E-state index in [4.69, 9.17) is 0 Å². The smallest absolute Gasteiger partial charge is 0.242 e. The number of hydrogen-bond donors (Lipinski definition) is 2. The minimum atomic E-state index is -0.425. The highest BCUT2D eigenvalue weighted by Crippen LogP contribution is 2.38. The van der Waals surface area contributed by atoms with Crippen molar-refractivity contribution in [3.05, 3.63) is 18.0 Å². The molecule has 0 spiro atoms. The molecule has 1 aliphatic carbocycles. The van der Waals surface area contributed by atoms with Gasteiger partial charge in [0.15, 0.2) is 0 Å². The van der Waals surface area contributed by atoms with E-state index >= 15 is 0 Å². The molecule has 0 aromatic carbocycles. The van der Waals surface area contributed by atoms with Gasteiger partial charge in [-0.05, 0) is 59.4 Å². The van der Waals surface area contributed by atoms with E-state index in [0.717, 1.165) is 12.1 Å². The van der Waals surface area contributed by atoms with E-state index < -0.39 is 5.54 Å². The van der Waals surface area contributed by atoms with E-state index in [1.165, 1.54) is 12.8 Å². The molecule has 2 fully saturated rings. The quantitative estimate of drug-likeness (QED) is 0.836. The molecule has 1 aromatic rings. The van der Waals surface area contributed by atoms with Crippen molar-refractivity contribution in [2.24, 2.45) is 5.92 Å². The Bertz CT molecular complexity index is 643. The lowest BCUT2D eigenvalue weighted by Gasteiger charge is -2.28. The minimum Gasteiger partial charge on any atom is -0.351 e. The van der Waals surface area contributed by atoms with Crippen LogP contribution in [0, 0.1) is 5.92 Å². The SMILES string of the molecule is CC(C)(CC1CC(C)(C)NC1=O)NC(=O)Cn1ccc(C2CC2)n1. The van der Waals surface area contributed by atoms with Crippen molar-refractivity contribution in [1.82, 2.24) is 20.4 Å². The number of carbonyl (C=O) groups is 2. The zero-order chi connectivity index (χ0) is 17.5. The van der Waals surface area contributed by atoms with Crippen LogP contribution >= 0.6 is 0 Å². The maximum absolute atomic E-state index is 12.3. The first kappa shape index (κ1) is 17.0. The maximum Gasteiger partial charge on any atom is 0.242 e. The molecule has 2 amide bonds. The standard InChI is InChI=1S/C18H28N4O2/c1-17(2,9-13-10-18(3,4)20-16(13)24)19-15(23)11-22-8-7-14(21-22)12-5-6-12/h7-8,12-13H,5-6,9-11H2,1-4H3,(H,19,23)(H,20,24). The molecule has 2 heterocycles. The zero-order valence-electron chi connectivity index (χ0n) is 15.1. The maximum atomic E-state index is 12.3. The summed E-state index contributed by atoms with van der Waals surface area (Å²) in [5.41, 5.74) is 0.508. The van der Waals surface area contributed by atoms with E-state index in [-0.39, 0.29) is 29.8 Å². The Balaban J connectivity index is 1.53. The van der Waals surface area contributed by atoms with Gasteiger partial charge in [-0.2, -0.15) is 5.10 Å². The highest BCUT2D eigenvalue weighted by Gasteiger charge is 2.40. The van der Waals surface area contributed by atoms with Crippen molar-refractivity contribution in [3.8, 4) is 0 Å². The molecule has 132 valence electrons. The summed E-state index contributed by atoms with van der Waals surface area (Å²) in [4.78, 5) is 24.4. The van der Waals surface area contributed by atoms with Gasteiger partial charge in [-0.25, -0.2) is 0 Å². The Hall–Kier alpha value is -1.85. The first-order chi connectivity index (χ1) is 11.1. The highest BCUT2D eigenvalue weighted by molar-refractivity contribution is 5.82. The van der Waals surface area contributed by atoms with Crippen LogP contribution < -0.4 is 10.6 Å². The molecule has 1 aromatic heterocycles. The van der Waals surface area contributed by atoms with Gasteiger partial charge in [-0.15, -0.1) is 0 Å². The van der Waals surface area contributed by atoms with Gasteiger partial charge in [-0.3, -0.25) is 14.3 Å². The van der Waals surface area contributed by atoms with E-state index in [1.54, 1.807) is 4.68 Å². The molecular formula is C18H28N4O2. The molecule has 2 N–H and O–H groups in total. The topological polar surface area (TPSA) is 76.0 Å². The number of aromatic nitrogens is 2. The number of nitrogens with one attached hydrogen (secondary N) is 2. The number of rotatable bonds is 6. The third-order valence-electron chi connectivity index (χ3n) is 4.79. The van der Waals surface area contributed by atoms with Crippen LogP contribution in [0.3, 0.4) is 0 Å². The lowest BCUT2D eigenvalue weighted by atomic mass is 9.86. The average molecular weight is 332 g/mol. The Kier molecular flexibility index (Phi) is 4.18. The Morgan fingerprint density at radius 3 is 2.75 bits per heavy atom. The lowest BCUT2D eigenvalue weighted by Crippen LogP contribution is -2.46. The summed E-state index contributed by atoms with van der Waals surface area (Å²) >= 11 is 0. The number of nitrogens with zero attached hydrogens (tertiary/aromatic N) is 2. The first-order valence-electron chi connectivity index (χ1n) is 8.80. The summed E-state index contributed by atoms with van der Waals surface area (Å²) in [6.07, 6.45) is 5.72. The second kappa shape index (κ2) is 5.90. The second-order valence-electron chi connectivity index (χ2n) is 8.62. The summed E-state index contributed by atoms with van der Waals surface area (Å²) < 4.78 is 1.70. The van der Waals surface area contributed by atoms with Crippen LogP contribution in [0.1, 0.15) is 65.0 Å². The molecule has 1 saturated heterocycles. The molecule has 1 saturated carbocycles. The van der Waals surface area contributed by atoms with Crippen LogP contribution in [0.2, 0.25) is 0 Å². The Morgan fingerprint density at radius 1 is 1.46 bits per heavy atom. The summed E-state index contributed by atoms with van der Waals surface area (Å²) in [5, 5.41) is 10.5. The van der Waals surface area contributed by atoms with Crippen LogP contribution in [0.25, 0.3) is 0 Å². The summed E-state index contributed by atoms with van der Waals surface area (Å²) in [6.45, 7) is 8.24. The van der Waals surface area contributed by atoms with E-state index in [2.05, 4.69) is 15.7 Å². The van der Waals surface area contributed by atoms with Crippen molar-refractivity contribution in [2.45, 2.75) is 76.9 Å². The van der Waals surface area contributed by atoms with Crippen molar-refractivity contribution < 1.29 is 9.59 Å². The highest BCUT2D eigenvalue weighted by atomic mass is 16.2. The van der Waals surface area contributed by atoms with Gasteiger partial charge in [-0.1, -0.05) is 0 Å². The normalized spacial score (nSPS) is 23.2. The lowest BCUT2D eigenvalue weighted by molar-refractivity contribution is -0.126. The molecule has 0 bridgehead atoms. The van der Waals surface area contributed by atoms with Gasteiger partial charge >= 0.3 is 0 Å². The Labute approximate surface area is 143 Å². The number of carbonyl (C=O) groups excluding carboxylic acids is 2. The molecule has 6 heteroatoms. The fourth-order valence-electron chi connectivity index (χ4n) is 3.65. The molecule has 1 atom stereocenters. The van der Waals surface area contributed by atoms with Gasteiger partial charge in [0.1, 0.15) is 6.54 Å². The van der Waals surface area contributed by atoms with Crippen molar-refractivity contribution >= 4 is 11.8 Å². The summed E-state index contributed by atoms with van der Waals surface area (Å²) in [5.74, 6) is 0.558. The summed E-state index contributed by atoms with van der Waals surface area (Å²) in [6, 6.07) is 2.00. The number of hydrogen-bond acceptors (Lipinski definition) is 3. The minimum absolute atomic E-state index is 0.0542. The second-order valence-corrected chi connectivity index (χ2v) is 8.62. The van der Waals surface area contributed by atoms with Crippen molar-refractivity contribution in [3.63, 3.8) is 0 Å². The zero-order valence-corrected chi connectivity index (χ0v) is 15.1. The van der Waals surface area contributed by atoms with Gasteiger partial charge < -0.3 is 10.6 Å². The van der Waals surface area contributed by atoms with E-state index in [0.29, 0.717) is 12.3 Å². The number of amides is 2. The first-order valence-corrected chi connectivity index (χ1v) is 8.80. The molecule has 0 radical (unpaired) electrons. The largest absolute Gasteiger partial charge is 0.351 e. The van der Waals surface area contributed by atoms with Gasteiger partial charge in [0.25, 0.3) is 0 Å². The third kappa shape index (κ3) is 4.16. The van der Waals surface area contributed by atoms with Crippen molar-refractivity contribution in [2.75, 3.05) is 0 Å². The van der Waals surface area contributed by atoms with E-state index in [9.17, 15) is 9.59 Å². The van der Waals surface area contributed by atoms with Crippen LogP contribution in [-0.2, 0) is 16.1 Å². The summed E-state index contributed by atoms with van der Waals surface area (Å²) in [7, 11) is 0. The molecule has 2 aliphatic rings. The molecule has 1 unspecified atom stereocenters. The molecule has 6 nitrogen and oxygen atoms in total. The monoisotopic (exact) mass is 332 g/mol. The Morgan fingerprint density at radius 2 is 2.17 bits per heavy atom. The van der Waals surface area contributed by atoms with Gasteiger partial charge in [0.2, 0.25) is 11.8 Å². The fourth-order valence-corrected chi connectivity index (χ4v) is 3.65. The molecule has 3 rings (SSSR count). The molecular weight excluding hydrogens is 304 g/mol. The van der Waals surface area contributed by atoms with Gasteiger partial charge in [0, 0.05) is 29.1 Å². The fraction of sp³-hybridized carbons (Fsp3) is 0.722. The van der Waals surface area contributed by atoms with Crippen LogP contribution in [-0.4, -0.2) is 32.7 Å². The molecule has 1 aliphatic heterocycles. The van der Waals surface area contributed by atoms with Crippen LogP contribution in [0.4, 0.5) is 0 Å². The van der Waals surface area contributed by atoms with Crippen LogP contribution in [0.5, 0.6) is 0 Å². The van der Waals surface area contributed by atoms with Crippen molar-refractivity contribution in [1.29, 1.82) is 0 Å². The van der Waals surface area contributed by atoms with Gasteiger partial charge in [0.05, 0.1) is 5.69 Å². The average Bonchev–Trinajstić information content (AvgIpc) is 3.11.